The van der Waals surface area contributed by atoms with Crippen molar-refractivity contribution in [3.63, 3.8) is 0 Å². The summed E-state index contributed by atoms with van der Waals surface area (Å²) in [5.41, 5.74) is 0.0159. The van der Waals surface area contributed by atoms with Crippen molar-refractivity contribution in [3.8, 4) is 0 Å². The molecule has 1 aromatic carbocycles. The Kier molecular flexibility index (Phi) is 2.92. The zero-order valence-corrected chi connectivity index (χ0v) is 8.87. The topological polar surface area (TPSA) is 20.3 Å². The smallest absolute Gasteiger partial charge is 0.331 e. The predicted molar refractivity (Wildman–Crippen MR) is 56.0 cm³/mol. The SMILES string of the molecule is O=C1C=CCN1Cc1ccc(C(F)(F)F)cc1. The molecule has 2 nitrogen and oxygen atoms in total. The third kappa shape index (κ3) is 2.67. The zero-order valence-electron chi connectivity index (χ0n) is 8.87. The lowest BCUT2D eigenvalue weighted by molar-refractivity contribution is -0.137. The standard InChI is InChI=1S/C12H10F3NO/c13-12(14,15)10-5-3-9(4-6-10)8-16-7-1-2-11(16)17/h1-6H,7-8H2. The number of amides is 1. The van der Waals surface area contributed by atoms with Gasteiger partial charge in [0.2, 0.25) is 5.91 Å². The molecule has 1 heterocycles. The van der Waals surface area contributed by atoms with Gasteiger partial charge in [-0.3, -0.25) is 4.79 Å². The van der Waals surface area contributed by atoms with Crippen LogP contribution < -0.4 is 0 Å². The second kappa shape index (κ2) is 4.24. The fourth-order valence-corrected chi connectivity index (χ4v) is 1.64. The lowest BCUT2D eigenvalue weighted by Crippen LogP contribution is -2.24. The molecule has 0 fully saturated rings. The van der Waals surface area contributed by atoms with Crippen molar-refractivity contribution in [2.45, 2.75) is 12.7 Å². The lowest BCUT2D eigenvalue weighted by Gasteiger charge is -2.16. The van der Waals surface area contributed by atoms with Gasteiger partial charge in [-0.15, -0.1) is 0 Å². The molecule has 0 aliphatic carbocycles. The molecule has 0 radical (unpaired) electrons. The van der Waals surface area contributed by atoms with E-state index in [-0.39, 0.29) is 5.91 Å². The fraction of sp³-hybridized carbons (Fsp3) is 0.250. The highest BCUT2D eigenvalue weighted by molar-refractivity contribution is 5.89. The largest absolute Gasteiger partial charge is 0.416 e. The number of carbonyl (C=O) groups is 1. The van der Waals surface area contributed by atoms with Gasteiger partial charge in [0.25, 0.3) is 0 Å². The Morgan fingerprint density at radius 2 is 1.82 bits per heavy atom. The summed E-state index contributed by atoms with van der Waals surface area (Å²) >= 11 is 0. The highest BCUT2D eigenvalue weighted by Gasteiger charge is 2.30. The molecule has 1 aromatic rings. The number of hydrogen-bond acceptors (Lipinski definition) is 1. The summed E-state index contributed by atoms with van der Waals surface area (Å²) in [6, 6.07) is 4.86. The van der Waals surface area contributed by atoms with Gasteiger partial charge in [0.05, 0.1) is 5.56 Å². The summed E-state index contributed by atoms with van der Waals surface area (Å²) in [6.45, 7) is 0.851. The first-order chi connectivity index (χ1) is 7.97. The Labute approximate surface area is 96.3 Å². The summed E-state index contributed by atoms with van der Waals surface area (Å²) in [7, 11) is 0. The minimum atomic E-state index is -4.32. The Balaban J connectivity index is 2.06. The molecule has 0 spiro atoms. The molecule has 1 amide bonds. The van der Waals surface area contributed by atoms with Crippen LogP contribution in [0.5, 0.6) is 0 Å². The van der Waals surface area contributed by atoms with Crippen LogP contribution in [0.25, 0.3) is 0 Å². The quantitative estimate of drug-likeness (QED) is 0.779. The van der Waals surface area contributed by atoms with Crippen molar-refractivity contribution in [2.75, 3.05) is 6.54 Å². The Bertz CT molecular complexity index is 448. The molecular weight excluding hydrogens is 231 g/mol. The number of nitrogens with zero attached hydrogens (tertiary/aromatic N) is 1. The zero-order chi connectivity index (χ0) is 12.5. The molecule has 5 heteroatoms. The van der Waals surface area contributed by atoms with Crippen LogP contribution in [-0.4, -0.2) is 17.4 Å². The van der Waals surface area contributed by atoms with Crippen molar-refractivity contribution in [1.82, 2.24) is 4.90 Å². The number of carbonyl (C=O) groups excluding carboxylic acids is 1. The third-order valence-corrected chi connectivity index (χ3v) is 2.55. The first-order valence-electron chi connectivity index (χ1n) is 5.08. The second-order valence-electron chi connectivity index (χ2n) is 3.82. The molecule has 0 aromatic heterocycles. The number of alkyl halides is 3. The highest BCUT2D eigenvalue weighted by Crippen LogP contribution is 2.29. The first-order valence-corrected chi connectivity index (χ1v) is 5.08. The molecule has 0 unspecified atom stereocenters. The van der Waals surface area contributed by atoms with Crippen LogP contribution in [0, 0.1) is 0 Å². The van der Waals surface area contributed by atoms with E-state index in [0.29, 0.717) is 18.7 Å². The van der Waals surface area contributed by atoms with Gasteiger partial charge in [-0.2, -0.15) is 13.2 Å². The van der Waals surface area contributed by atoms with Crippen molar-refractivity contribution in [1.29, 1.82) is 0 Å². The summed E-state index contributed by atoms with van der Waals surface area (Å²) in [4.78, 5) is 12.8. The second-order valence-corrected chi connectivity index (χ2v) is 3.82. The molecule has 1 aliphatic rings. The Hall–Kier alpha value is -1.78. The van der Waals surface area contributed by atoms with Gasteiger partial charge in [-0.25, -0.2) is 0 Å². The van der Waals surface area contributed by atoms with Crippen LogP contribution in [0.2, 0.25) is 0 Å². The number of rotatable bonds is 2. The number of benzene rings is 1. The maximum Gasteiger partial charge on any atom is 0.416 e. The van der Waals surface area contributed by atoms with Crippen LogP contribution in [0.4, 0.5) is 13.2 Å². The van der Waals surface area contributed by atoms with E-state index in [4.69, 9.17) is 0 Å². The summed E-state index contributed by atoms with van der Waals surface area (Å²) in [5.74, 6) is -0.107. The molecule has 0 saturated heterocycles. The summed E-state index contributed by atoms with van der Waals surface area (Å²) < 4.78 is 36.9. The van der Waals surface area contributed by atoms with Gasteiger partial charge in [0.1, 0.15) is 0 Å². The van der Waals surface area contributed by atoms with Crippen molar-refractivity contribution in [2.24, 2.45) is 0 Å². The lowest BCUT2D eigenvalue weighted by atomic mass is 10.1. The summed E-state index contributed by atoms with van der Waals surface area (Å²) in [5, 5.41) is 0. The van der Waals surface area contributed by atoms with Crippen LogP contribution >= 0.6 is 0 Å². The van der Waals surface area contributed by atoms with Gasteiger partial charge >= 0.3 is 6.18 Å². The number of hydrogen-bond donors (Lipinski definition) is 0. The van der Waals surface area contributed by atoms with Crippen LogP contribution in [0.15, 0.2) is 36.4 Å². The molecular formula is C12H10F3NO. The molecule has 2 rings (SSSR count). The van der Waals surface area contributed by atoms with E-state index in [1.807, 2.05) is 0 Å². The van der Waals surface area contributed by atoms with E-state index in [9.17, 15) is 18.0 Å². The van der Waals surface area contributed by atoms with Gasteiger partial charge in [-0.05, 0) is 17.7 Å². The summed E-state index contributed by atoms with van der Waals surface area (Å²) in [6.07, 6.45) is -1.12. The van der Waals surface area contributed by atoms with Crippen LogP contribution in [0.1, 0.15) is 11.1 Å². The van der Waals surface area contributed by atoms with E-state index < -0.39 is 11.7 Å². The van der Waals surface area contributed by atoms with Gasteiger partial charge in [-0.1, -0.05) is 18.2 Å². The average Bonchev–Trinajstić information content (AvgIpc) is 2.64. The van der Waals surface area contributed by atoms with Gasteiger partial charge < -0.3 is 4.90 Å². The highest BCUT2D eigenvalue weighted by atomic mass is 19.4. The molecule has 0 atom stereocenters. The van der Waals surface area contributed by atoms with Crippen molar-refractivity contribution >= 4 is 5.91 Å². The molecule has 90 valence electrons. The van der Waals surface area contributed by atoms with E-state index >= 15 is 0 Å². The van der Waals surface area contributed by atoms with Crippen LogP contribution in [0.3, 0.4) is 0 Å². The van der Waals surface area contributed by atoms with Gasteiger partial charge in [0, 0.05) is 19.2 Å². The third-order valence-electron chi connectivity index (χ3n) is 2.55. The first kappa shape index (κ1) is 11.7. The van der Waals surface area contributed by atoms with E-state index in [2.05, 4.69) is 0 Å². The Morgan fingerprint density at radius 3 is 2.29 bits per heavy atom. The predicted octanol–water partition coefficient (Wildman–Crippen LogP) is 2.60. The molecule has 1 aliphatic heterocycles. The maximum atomic E-state index is 12.3. The van der Waals surface area contributed by atoms with Crippen LogP contribution in [-0.2, 0) is 17.5 Å². The van der Waals surface area contributed by atoms with E-state index in [1.54, 1.807) is 11.0 Å². The van der Waals surface area contributed by atoms with Crippen molar-refractivity contribution < 1.29 is 18.0 Å². The Morgan fingerprint density at radius 1 is 1.18 bits per heavy atom. The molecule has 0 bridgehead atoms. The van der Waals surface area contributed by atoms with E-state index in [1.165, 1.54) is 18.2 Å². The normalized spacial score (nSPS) is 15.7. The molecule has 17 heavy (non-hydrogen) atoms. The fourth-order valence-electron chi connectivity index (χ4n) is 1.64. The van der Waals surface area contributed by atoms with Gasteiger partial charge in [0.15, 0.2) is 0 Å². The van der Waals surface area contributed by atoms with Crippen molar-refractivity contribution in [3.05, 3.63) is 47.5 Å². The molecule has 0 saturated carbocycles. The number of halogens is 3. The monoisotopic (exact) mass is 241 g/mol. The molecule has 0 N–H and O–H groups in total. The maximum absolute atomic E-state index is 12.3. The average molecular weight is 241 g/mol. The minimum Gasteiger partial charge on any atom is -0.331 e. The minimum absolute atomic E-state index is 0.107. The van der Waals surface area contributed by atoms with E-state index in [0.717, 1.165) is 12.1 Å².